The number of carbonyl (C=O) groups excluding carboxylic acids is 2. The van der Waals surface area contributed by atoms with Gasteiger partial charge in [-0.15, -0.1) is 0 Å². The molecule has 1 fully saturated rings. The molecule has 0 aliphatic heterocycles. The third kappa shape index (κ3) is 4.14. The lowest BCUT2D eigenvalue weighted by Gasteiger charge is -2.04. The number of halogens is 2. The zero-order valence-electron chi connectivity index (χ0n) is 13.2. The molecular weight excluding hydrogens is 372 g/mol. The molecule has 0 spiro atoms. The van der Waals surface area contributed by atoms with Crippen LogP contribution in [0.15, 0.2) is 39.8 Å². The molecule has 26 heavy (non-hydrogen) atoms. The number of carbonyl (C=O) groups is 2. The van der Waals surface area contributed by atoms with Crippen molar-refractivity contribution in [1.82, 2.24) is 4.72 Å². The van der Waals surface area contributed by atoms with E-state index in [0.29, 0.717) is 6.07 Å². The van der Waals surface area contributed by atoms with Crippen LogP contribution in [0.3, 0.4) is 0 Å². The van der Waals surface area contributed by atoms with Gasteiger partial charge in [0, 0.05) is 6.04 Å². The molecule has 0 radical (unpaired) electrons. The highest BCUT2D eigenvalue weighted by Gasteiger charge is 2.30. The SMILES string of the molecule is O=C(OCC(=O)c1cc(F)ccc1F)c1ccc(S(=O)(=O)NC2CC2)o1. The van der Waals surface area contributed by atoms with Crippen LogP contribution in [0, 0.1) is 11.6 Å². The summed E-state index contributed by atoms with van der Waals surface area (Å²) in [5.74, 6) is -4.27. The monoisotopic (exact) mass is 385 g/mol. The number of hydrogen-bond acceptors (Lipinski definition) is 6. The summed E-state index contributed by atoms with van der Waals surface area (Å²) in [5, 5.41) is -0.459. The van der Waals surface area contributed by atoms with Crippen molar-refractivity contribution in [1.29, 1.82) is 0 Å². The van der Waals surface area contributed by atoms with Gasteiger partial charge >= 0.3 is 5.97 Å². The highest BCUT2D eigenvalue weighted by atomic mass is 32.2. The topological polar surface area (TPSA) is 103 Å². The molecule has 0 saturated heterocycles. The van der Waals surface area contributed by atoms with Crippen LogP contribution in [0.25, 0.3) is 0 Å². The molecule has 1 N–H and O–H groups in total. The molecule has 1 aromatic carbocycles. The van der Waals surface area contributed by atoms with Gasteiger partial charge in [0.2, 0.25) is 16.6 Å². The highest BCUT2D eigenvalue weighted by Crippen LogP contribution is 2.23. The molecule has 0 bridgehead atoms. The second-order valence-corrected chi connectivity index (χ2v) is 7.28. The predicted molar refractivity (Wildman–Crippen MR) is 83.0 cm³/mol. The average Bonchev–Trinajstić information content (AvgIpc) is 3.23. The van der Waals surface area contributed by atoms with E-state index in [0.717, 1.165) is 37.1 Å². The number of hydrogen-bond donors (Lipinski definition) is 1. The first kappa shape index (κ1) is 18.2. The normalized spacial score (nSPS) is 14.2. The van der Waals surface area contributed by atoms with Gasteiger partial charge in [0.15, 0.2) is 6.61 Å². The Bertz CT molecular complexity index is 965. The van der Waals surface area contributed by atoms with Gasteiger partial charge in [-0.05, 0) is 43.2 Å². The van der Waals surface area contributed by atoms with Crippen molar-refractivity contribution in [3.8, 4) is 0 Å². The number of esters is 1. The summed E-state index contributed by atoms with van der Waals surface area (Å²) in [4.78, 5) is 23.7. The largest absolute Gasteiger partial charge is 0.451 e. The first-order valence-corrected chi connectivity index (χ1v) is 9.02. The van der Waals surface area contributed by atoms with Gasteiger partial charge in [0.1, 0.15) is 11.6 Å². The molecule has 7 nitrogen and oxygen atoms in total. The van der Waals surface area contributed by atoms with E-state index in [2.05, 4.69) is 9.46 Å². The standard InChI is InChI=1S/C16H13F2NO6S/c17-9-1-4-12(18)11(7-9)13(20)8-24-16(21)14-5-6-15(25-14)26(22,23)19-10-2-3-10/h1,4-7,10,19H,2-3,8H2. The molecule has 0 unspecified atom stereocenters. The molecule has 1 heterocycles. The molecular formula is C16H13F2NO6S. The number of Topliss-reactive ketones (excluding diaryl/α,β-unsaturated/α-hetero) is 1. The van der Waals surface area contributed by atoms with Crippen LogP contribution in [-0.2, 0) is 14.8 Å². The first-order valence-electron chi connectivity index (χ1n) is 7.54. The number of furan rings is 1. The van der Waals surface area contributed by atoms with E-state index in [1.165, 1.54) is 0 Å². The fourth-order valence-electron chi connectivity index (χ4n) is 2.04. The summed E-state index contributed by atoms with van der Waals surface area (Å²) in [6.07, 6.45) is 1.46. The second-order valence-electron chi connectivity index (χ2n) is 5.64. The van der Waals surface area contributed by atoms with Crippen molar-refractivity contribution in [2.24, 2.45) is 0 Å². The van der Waals surface area contributed by atoms with Crippen LogP contribution in [0.1, 0.15) is 33.8 Å². The van der Waals surface area contributed by atoms with Gasteiger partial charge in [-0.25, -0.2) is 26.7 Å². The van der Waals surface area contributed by atoms with Crippen molar-refractivity contribution in [3.63, 3.8) is 0 Å². The van der Waals surface area contributed by atoms with Crippen molar-refractivity contribution < 1.29 is 35.9 Å². The lowest BCUT2D eigenvalue weighted by atomic mass is 10.1. The molecule has 2 aromatic rings. The smallest absolute Gasteiger partial charge is 0.374 e. The molecule has 10 heteroatoms. The van der Waals surface area contributed by atoms with E-state index in [9.17, 15) is 26.8 Å². The van der Waals surface area contributed by atoms with Gasteiger partial charge in [-0.2, -0.15) is 0 Å². The Kier molecular flexibility index (Phi) is 4.88. The van der Waals surface area contributed by atoms with Crippen LogP contribution >= 0.6 is 0 Å². The van der Waals surface area contributed by atoms with E-state index in [4.69, 9.17) is 4.42 Å². The Labute approximate surface area is 147 Å². The third-order valence-electron chi connectivity index (χ3n) is 3.51. The zero-order chi connectivity index (χ0) is 18.9. The molecule has 1 aliphatic carbocycles. The van der Waals surface area contributed by atoms with Crippen molar-refractivity contribution in [2.75, 3.05) is 6.61 Å². The van der Waals surface area contributed by atoms with Crippen LogP contribution in [0.2, 0.25) is 0 Å². The molecule has 0 atom stereocenters. The fourth-order valence-corrected chi connectivity index (χ4v) is 3.28. The lowest BCUT2D eigenvalue weighted by Crippen LogP contribution is -2.25. The number of sulfonamides is 1. The quantitative estimate of drug-likeness (QED) is 0.578. The van der Waals surface area contributed by atoms with Crippen molar-refractivity contribution >= 4 is 21.8 Å². The Morgan fingerprint density at radius 1 is 1.19 bits per heavy atom. The van der Waals surface area contributed by atoms with Crippen molar-refractivity contribution in [2.45, 2.75) is 24.0 Å². The predicted octanol–water partition coefficient (Wildman–Crippen LogP) is 2.04. The summed E-state index contributed by atoms with van der Waals surface area (Å²) < 4.78 is 62.5. The second kappa shape index (κ2) is 6.96. The van der Waals surface area contributed by atoms with E-state index in [1.54, 1.807) is 0 Å². The van der Waals surface area contributed by atoms with Gasteiger partial charge in [-0.3, -0.25) is 4.79 Å². The number of ketones is 1. The minimum atomic E-state index is -3.88. The Morgan fingerprint density at radius 3 is 2.62 bits per heavy atom. The number of ether oxygens (including phenoxy) is 1. The summed E-state index contributed by atoms with van der Waals surface area (Å²) in [6, 6.07) is 4.33. The van der Waals surface area contributed by atoms with Gasteiger partial charge in [-0.1, -0.05) is 0 Å². The van der Waals surface area contributed by atoms with Crippen LogP contribution < -0.4 is 4.72 Å². The Morgan fingerprint density at radius 2 is 1.92 bits per heavy atom. The van der Waals surface area contributed by atoms with E-state index < -0.39 is 56.4 Å². The van der Waals surface area contributed by atoms with Gasteiger partial charge in [0.05, 0.1) is 5.56 Å². The first-order chi connectivity index (χ1) is 12.3. The maximum absolute atomic E-state index is 13.5. The van der Waals surface area contributed by atoms with Crippen LogP contribution in [0.5, 0.6) is 0 Å². The highest BCUT2D eigenvalue weighted by molar-refractivity contribution is 7.89. The van der Waals surface area contributed by atoms with Crippen LogP contribution in [-0.4, -0.2) is 32.8 Å². The van der Waals surface area contributed by atoms with Crippen LogP contribution in [0.4, 0.5) is 8.78 Å². The zero-order valence-corrected chi connectivity index (χ0v) is 14.0. The molecule has 138 valence electrons. The van der Waals surface area contributed by atoms with Crippen molar-refractivity contribution in [3.05, 3.63) is 53.3 Å². The maximum Gasteiger partial charge on any atom is 0.374 e. The minimum Gasteiger partial charge on any atom is -0.451 e. The van der Waals surface area contributed by atoms with Gasteiger partial charge < -0.3 is 9.15 Å². The third-order valence-corrected chi connectivity index (χ3v) is 4.90. The lowest BCUT2D eigenvalue weighted by molar-refractivity contribution is 0.0437. The number of nitrogens with one attached hydrogen (secondary N) is 1. The Hall–Kier alpha value is -2.59. The number of rotatable bonds is 7. The fraction of sp³-hybridized carbons (Fsp3) is 0.250. The molecule has 1 aliphatic rings. The molecule has 0 amide bonds. The van der Waals surface area contributed by atoms with E-state index >= 15 is 0 Å². The molecule has 1 saturated carbocycles. The minimum absolute atomic E-state index is 0.140. The maximum atomic E-state index is 13.5. The number of benzene rings is 1. The molecule has 3 rings (SSSR count). The summed E-state index contributed by atoms with van der Waals surface area (Å²) in [6.45, 7) is -0.859. The summed E-state index contributed by atoms with van der Waals surface area (Å²) in [5.41, 5.74) is -0.561. The van der Waals surface area contributed by atoms with E-state index in [1.807, 2.05) is 0 Å². The molecule has 1 aromatic heterocycles. The average molecular weight is 385 g/mol. The summed E-state index contributed by atoms with van der Waals surface area (Å²) >= 11 is 0. The van der Waals surface area contributed by atoms with Gasteiger partial charge in [0.25, 0.3) is 10.0 Å². The Balaban J connectivity index is 1.63. The summed E-state index contributed by atoms with van der Waals surface area (Å²) in [7, 11) is -3.88. The van der Waals surface area contributed by atoms with E-state index in [-0.39, 0.29) is 6.04 Å².